The number of likely N-dealkylation sites (N-methyl/N-ethyl adjacent to an activating group) is 1. The maximum Gasteiger partial charge on any atom is 0.428 e. The average Bonchev–Trinajstić information content (AvgIpc) is 2.62. The third-order valence-corrected chi connectivity index (χ3v) is 3.90. The van der Waals surface area contributed by atoms with Crippen LogP contribution in [0, 0.1) is 0 Å². The molecular formula is C14H24N4O4. The molecule has 2 fully saturated rings. The van der Waals surface area contributed by atoms with Gasteiger partial charge in [0.25, 0.3) is 5.91 Å². The van der Waals surface area contributed by atoms with Crippen LogP contribution in [0.25, 0.3) is 0 Å². The zero-order valence-electron chi connectivity index (χ0n) is 13.8. The third kappa shape index (κ3) is 3.26. The van der Waals surface area contributed by atoms with Crippen molar-refractivity contribution in [3.05, 3.63) is 0 Å². The molecule has 0 saturated carbocycles. The fourth-order valence-electron chi connectivity index (χ4n) is 2.73. The lowest BCUT2D eigenvalue weighted by Gasteiger charge is -2.31. The number of carbonyl (C=O) groups is 3. The number of fused-ring (bicyclic) bond motifs is 2. The highest BCUT2D eigenvalue weighted by atomic mass is 16.6. The smallest absolute Gasteiger partial charge is 0.428 e. The summed E-state index contributed by atoms with van der Waals surface area (Å²) in [7, 11) is 3.18. The summed E-state index contributed by atoms with van der Waals surface area (Å²) in [6.07, 6.45) is 0.737. The molecule has 2 aliphatic heterocycles. The summed E-state index contributed by atoms with van der Waals surface area (Å²) in [6.45, 7) is 5.81. The molecule has 124 valence electrons. The van der Waals surface area contributed by atoms with E-state index in [4.69, 9.17) is 4.74 Å². The van der Waals surface area contributed by atoms with Gasteiger partial charge in [-0.25, -0.2) is 14.6 Å². The molecule has 2 saturated heterocycles. The average molecular weight is 312 g/mol. The molecule has 2 aliphatic rings. The first-order valence-corrected chi connectivity index (χ1v) is 7.41. The first-order chi connectivity index (χ1) is 10.1. The largest absolute Gasteiger partial charge is 0.442 e. The predicted molar refractivity (Wildman–Crippen MR) is 78.8 cm³/mol. The summed E-state index contributed by atoms with van der Waals surface area (Å²) < 4.78 is 5.17. The second-order valence-electron chi connectivity index (χ2n) is 6.81. The second kappa shape index (κ2) is 5.66. The van der Waals surface area contributed by atoms with Gasteiger partial charge < -0.3 is 14.5 Å². The number of hydrazine groups is 1. The first kappa shape index (κ1) is 16.4. The molecule has 0 radical (unpaired) electrons. The van der Waals surface area contributed by atoms with E-state index in [2.05, 4.69) is 5.43 Å². The number of ether oxygens (including phenoxy) is 1. The minimum absolute atomic E-state index is 0.137. The summed E-state index contributed by atoms with van der Waals surface area (Å²) in [5.74, 6) is -0.365. The molecule has 0 spiro atoms. The van der Waals surface area contributed by atoms with Gasteiger partial charge in [-0.3, -0.25) is 10.2 Å². The Balaban J connectivity index is 1.95. The quantitative estimate of drug-likeness (QED) is 0.726. The Morgan fingerprint density at radius 2 is 1.95 bits per heavy atom. The molecular weight excluding hydrogens is 288 g/mol. The SMILES string of the molecule is CN(NC(=O)[C@@H]1CC[C@@H]2CN1C(=O)N2C)C(=O)OC(C)(C)C. The highest BCUT2D eigenvalue weighted by molar-refractivity contribution is 5.89. The van der Waals surface area contributed by atoms with Crippen molar-refractivity contribution >= 4 is 18.0 Å². The normalized spacial score (nSPS) is 24.3. The fourth-order valence-corrected chi connectivity index (χ4v) is 2.73. The Labute approximate surface area is 130 Å². The van der Waals surface area contributed by atoms with E-state index in [9.17, 15) is 14.4 Å². The molecule has 0 aromatic heterocycles. The van der Waals surface area contributed by atoms with Crippen molar-refractivity contribution in [1.82, 2.24) is 20.2 Å². The van der Waals surface area contributed by atoms with Crippen LogP contribution in [0.5, 0.6) is 0 Å². The molecule has 1 N–H and O–H groups in total. The Bertz CT molecular complexity index is 488. The predicted octanol–water partition coefficient (Wildman–Crippen LogP) is 0.783. The minimum Gasteiger partial charge on any atom is -0.442 e. The molecule has 8 heteroatoms. The van der Waals surface area contributed by atoms with Crippen molar-refractivity contribution in [2.75, 3.05) is 20.6 Å². The summed E-state index contributed by atoms with van der Waals surface area (Å²) >= 11 is 0. The van der Waals surface area contributed by atoms with Gasteiger partial charge in [-0.15, -0.1) is 0 Å². The van der Waals surface area contributed by atoms with Crippen molar-refractivity contribution in [2.24, 2.45) is 0 Å². The number of carbonyl (C=O) groups excluding carboxylic acids is 3. The molecule has 2 bridgehead atoms. The fraction of sp³-hybridized carbons (Fsp3) is 0.786. The lowest BCUT2D eigenvalue weighted by atomic mass is 10.0. The van der Waals surface area contributed by atoms with E-state index in [0.717, 1.165) is 11.4 Å². The van der Waals surface area contributed by atoms with Crippen LogP contribution in [0.1, 0.15) is 33.6 Å². The van der Waals surface area contributed by atoms with Gasteiger partial charge in [-0.05, 0) is 33.6 Å². The molecule has 4 amide bonds. The van der Waals surface area contributed by atoms with E-state index in [1.54, 1.807) is 37.6 Å². The van der Waals surface area contributed by atoms with Crippen LogP contribution in [-0.4, -0.2) is 71.2 Å². The van der Waals surface area contributed by atoms with Crippen LogP contribution in [0.3, 0.4) is 0 Å². The first-order valence-electron chi connectivity index (χ1n) is 7.41. The Kier molecular flexibility index (Phi) is 4.21. The lowest BCUT2D eigenvalue weighted by Crippen LogP contribution is -2.55. The van der Waals surface area contributed by atoms with Gasteiger partial charge in [-0.1, -0.05) is 0 Å². The van der Waals surface area contributed by atoms with Crippen molar-refractivity contribution in [3.63, 3.8) is 0 Å². The third-order valence-electron chi connectivity index (χ3n) is 3.90. The molecule has 22 heavy (non-hydrogen) atoms. The Morgan fingerprint density at radius 3 is 2.55 bits per heavy atom. The molecule has 8 nitrogen and oxygen atoms in total. The maximum atomic E-state index is 12.3. The number of amides is 4. The van der Waals surface area contributed by atoms with Gasteiger partial charge in [0.1, 0.15) is 11.6 Å². The zero-order chi connectivity index (χ0) is 16.7. The number of nitrogens with one attached hydrogen (secondary N) is 1. The van der Waals surface area contributed by atoms with Crippen molar-refractivity contribution in [2.45, 2.75) is 51.3 Å². The van der Waals surface area contributed by atoms with Crippen molar-refractivity contribution in [3.8, 4) is 0 Å². The summed E-state index contributed by atoms with van der Waals surface area (Å²) in [6, 6.07) is -0.499. The number of urea groups is 1. The van der Waals surface area contributed by atoms with Crippen LogP contribution in [-0.2, 0) is 9.53 Å². The maximum absolute atomic E-state index is 12.3. The van der Waals surface area contributed by atoms with E-state index >= 15 is 0 Å². The number of piperidine rings is 1. The molecule has 2 rings (SSSR count). The molecule has 2 heterocycles. The van der Waals surface area contributed by atoms with Crippen LogP contribution in [0.15, 0.2) is 0 Å². The summed E-state index contributed by atoms with van der Waals surface area (Å²) in [5.41, 5.74) is 1.86. The van der Waals surface area contributed by atoms with Crippen LogP contribution < -0.4 is 5.43 Å². The van der Waals surface area contributed by atoms with Crippen LogP contribution >= 0.6 is 0 Å². The number of rotatable bonds is 1. The number of nitrogens with zero attached hydrogens (tertiary/aromatic N) is 3. The molecule has 0 aliphatic carbocycles. The van der Waals surface area contributed by atoms with Gasteiger partial charge in [0.2, 0.25) is 0 Å². The molecule has 0 aromatic rings. The molecule has 0 unspecified atom stereocenters. The summed E-state index contributed by atoms with van der Waals surface area (Å²) in [4.78, 5) is 39.5. The van der Waals surface area contributed by atoms with E-state index in [0.29, 0.717) is 13.0 Å². The van der Waals surface area contributed by atoms with Gasteiger partial charge in [-0.2, -0.15) is 0 Å². The summed E-state index contributed by atoms with van der Waals surface area (Å²) in [5, 5.41) is 1.02. The van der Waals surface area contributed by atoms with Crippen molar-refractivity contribution in [1.29, 1.82) is 0 Å². The Morgan fingerprint density at radius 1 is 1.32 bits per heavy atom. The standard InChI is InChI=1S/C14H24N4O4/c1-14(2,3)22-13(21)17(5)15-11(19)10-7-6-9-8-18(10)12(20)16(9)4/h9-10H,6-8H2,1-5H3,(H,15,19)/t9-,10+/m1/s1. The molecule has 2 atom stereocenters. The van der Waals surface area contributed by atoms with E-state index in [-0.39, 0.29) is 18.0 Å². The van der Waals surface area contributed by atoms with Crippen molar-refractivity contribution < 1.29 is 19.1 Å². The van der Waals surface area contributed by atoms with E-state index in [1.165, 1.54) is 7.05 Å². The number of hydrogen-bond acceptors (Lipinski definition) is 4. The molecule has 0 aromatic carbocycles. The van der Waals surface area contributed by atoms with Gasteiger partial charge in [0, 0.05) is 20.6 Å². The highest BCUT2D eigenvalue weighted by Crippen LogP contribution is 2.28. The van der Waals surface area contributed by atoms with Gasteiger partial charge in [0.15, 0.2) is 0 Å². The second-order valence-corrected chi connectivity index (χ2v) is 6.81. The van der Waals surface area contributed by atoms with Crippen LogP contribution in [0.2, 0.25) is 0 Å². The van der Waals surface area contributed by atoms with E-state index in [1.807, 2.05) is 0 Å². The topological polar surface area (TPSA) is 82.2 Å². The minimum atomic E-state index is -0.639. The number of hydrogen-bond donors (Lipinski definition) is 1. The van der Waals surface area contributed by atoms with E-state index < -0.39 is 17.7 Å². The highest BCUT2D eigenvalue weighted by Gasteiger charge is 2.45. The Hall–Kier alpha value is -1.99. The lowest BCUT2D eigenvalue weighted by molar-refractivity contribution is -0.130. The van der Waals surface area contributed by atoms with Gasteiger partial charge in [0.05, 0.1) is 6.04 Å². The van der Waals surface area contributed by atoms with Crippen LogP contribution in [0.4, 0.5) is 9.59 Å². The van der Waals surface area contributed by atoms with Gasteiger partial charge >= 0.3 is 12.1 Å². The monoisotopic (exact) mass is 312 g/mol. The zero-order valence-corrected chi connectivity index (χ0v) is 13.8.